The van der Waals surface area contributed by atoms with Crippen LogP contribution in [0.2, 0.25) is 0 Å². The number of nitrogens with one attached hydrogen (secondary N) is 1. The molecule has 1 N–H and O–H groups in total. The predicted octanol–water partition coefficient (Wildman–Crippen LogP) is 2.65. The molecule has 1 amide bonds. The molecular formula is C16H11N7O3S. The summed E-state index contributed by atoms with van der Waals surface area (Å²) in [5, 5.41) is 20.1. The summed E-state index contributed by atoms with van der Waals surface area (Å²) in [5.41, 5.74) is -0.119. The number of anilines is 1. The van der Waals surface area contributed by atoms with E-state index in [1.54, 1.807) is 30.5 Å². The van der Waals surface area contributed by atoms with Crippen molar-refractivity contribution in [1.82, 2.24) is 24.7 Å². The van der Waals surface area contributed by atoms with E-state index in [0.717, 1.165) is 0 Å². The molecule has 0 bridgehead atoms. The van der Waals surface area contributed by atoms with Gasteiger partial charge in [0.15, 0.2) is 5.82 Å². The van der Waals surface area contributed by atoms with Crippen LogP contribution in [-0.2, 0) is 7.05 Å². The number of nitrogens with zero attached hydrogens (tertiary/aromatic N) is 6. The lowest BCUT2D eigenvalue weighted by molar-refractivity contribution is -0.385. The number of carbonyl (C=O) groups excluding carboxylic acids is 1. The number of amides is 1. The zero-order valence-corrected chi connectivity index (χ0v) is 14.7. The Bertz CT molecular complexity index is 1170. The van der Waals surface area contributed by atoms with Gasteiger partial charge in [0, 0.05) is 13.2 Å². The maximum Gasteiger partial charge on any atom is 0.320 e. The molecule has 0 saturated heterocycles. The third-order valence-corrected chi connectivity index (χ3v) is 4.48. The summed E-state index contributed by atoms with van der Waals surface area (Å²) in [6.45, 7) is 0. The summed E-state index contributed by atoms with van der Waals surface area (Å²) in [4.78, 5) is 36.8. The number of pyridine rings is 1. The summed E-state index contributed by atoms with van der Waals surface area (Å²) in [6, 6.07) is 7.10. The molecule has 0 unspecified atom stereocenters. The largest absolute Gasteiger partial charge is 0.320 e. The molecule has 0 spiro atoms. The first kappa shape index (κ1) is 16.7. The number of carbonyl (C=O) groups is 1. The number of fused-ring (bicyclic) bond motifs is 1. The third-order valence-electron chi connectivity index (χ3n) is 3.67. The second kappa shape index (κ2) is 6.53. The predicted molar refractivity (Wildman–Crippen MR) is 98.5 cm³/mol. The quantitative estimate of drug-likeness (QED) is 0.425. The highest BCUT2D eigenvalue weighted by Gasteiger charge is 2.26. The SMILES string of the molecule is Cn1cc([N+](=O)[O-])c(C(=O)Nc2nc(-c3ccccn3)nc3sccc23)n1. The monoisotopic (exact) mass is 381 g/mol. The fraction of sp³-hybridized carbons (Fsp3) is 0.0625. The third kappa shape index (κ3) is 3.11. The van der Waals surface area contributed by atoms with E-state index in [1.165, 1.54) is 29.3 Å². The summed E-state index contributed by atoms with van der Waals surface area (Å²) < 4.78 is 1.21. The minimum absolute atomic E-state index is 0.242. The standard InChI is InChI=1S/C16H11N7O3S/c1-22-8-11(23(25)26)12(21-22)15(24)19-13-9-5-7-27-16(9)20-14(18-13)10-4-2-3-6-17-10/h2-8H,1H3,(H,18,19,20,24). The van der Waals surface area contributed by atoms with Crippen molar-refractivity contribution in [1.29, 1.82) is 0 Å². The minimum atomic E-state index is -0.722. The van der Waals surface area contributed by atoms with Crippen molar-refractivity contribution in [3.8, 4) is 11.5 Å². The lowest BCUT2D eigenvalue weighted by Crippen LogP contribution is -2.16. The number of hydrogen-bond acceptors (Lipinski definition) is 8. The van der Waals surface area contributed by atoms with Gasteiger partial charge in [0.25, 0.3) is 5.91 Å². The minimum Gasteiger partial charge on any atom is -0.304 e. The van der Waals surface area contributed by atoms with Gasteiger partial charge in [-0.2, -0.15) is 5.10 Å². The van der Waals surface area contributed by atoms with Crippen LogP contribution in [0.5, 0.6) is 0 Å². The average Bonchev–Trinajstić information content (AvgIpc) is 3.29. The lowest BCUT2D eigenvalue weighted by atomic mass is 10.3. The van der Waals surface area contributed by atoms with Crippen molar-refractivity contribution in [3.05, 3.63) is 57.8 Å². The van der Waals surface area contributed by atoms with Gasteiger partial charge in [0.05, 0.1) is 10.3 Å². The van der Waals surface area contributed by atoms with Crippen molar-refractivity contribution >= 4 is 39.0 Å². The molecule has 27 heavy (non-hydrogen) atoms. The molecule has 4 rings (SSSR count). The van der Waals surface area contributed by atoms with Crippen LogP contribution in [0, 0.1) is 10.1 Å². The second-order valence-electron chi connectivity index (χ2n) is 5.50. The molecular weight excluding hydrogens is 370 g/mol. The zero-order valence-electron chi connectivity index (χ0n) is 13.9. The fourth-order valence-corrected chi connectivity index (χ4v) is 3.26. The van der Waals surface area contributed by atoms with Crippen molar-refractivity contribution in [2.45, 2.75) is 0 Å². The Kier molecular flexibility index (Phi) is 4.05. The highest BCUT2D eigenvalue weighted by atomic mass is 32.1. The Morgan fingerprint density at radius 2 is 2.15 bits per heavy atom. The molecule has 0 fully saturated rings. The van der Waals surface area contributed by atoms with E-state index in [-0.39, 0.29) is 17.2 Å². The van der Waals surface area contributed by atoms with Gasteiger partial charge in [-0.15, -0.1) is 11.3 Å². The summed E-state index contributed by atoms with van der Waals surface area (Å²) in [5.74, 6) is -0.135. The van der Waals surface area contributed by atoms with Gasteiger partial charge >= 0.3 is 5.69 Å². The molecule has 4 aromatic heterocycles. The normalized spacial score (nSPS) is 10.9. The Morgan fingerprint density at radius 3 is 2.89 bits per heavy atom. The topological polar surface area (TPSA) is 129 Å². The molecule has 0 saturated carbocycles. The number of hydrogen-bond donors (Lipinski definition) is 1. The highest BCUT2D eigenvalue weighted by molar-refractivity contribution is 7.16. The van der Waals surface area contributed by atoms with Gasteiger partial charge in [-0.05, 0) is 23.6 Å². The number of aryl methyl sites for hydroxylation is 1. The molecule has 0 aliphatic rings. The lowest BCUT2D eigenvalue weighted by Gasteiger charge is -2.06. The van der Waals surface area contributed by atoms with Crippen LogP contribution in [0.4, 0.5) is 11.5 Å². The molecule has 4 aromatic rings. The Hall–Kier alpha value is -3.73. The molecule has 4 heterocycles. The van der Waals surface area contributed by atoms with Crippen LogP contribution >= 0.6 is 11.3 Å². The smallest absolute Gasteiger partial charge is 0.304 e. The van der Waals surface area contributed by atoms with Crippen LogP contribution in [0.3, 0.4) is 0 Å². The van der Waals surface area contributed by atoms with Crippen LogP contribution in [-0.4, -0.2) is 35.6 Å². The first-order valence-corrected chi connectivity index (χ1v) is 8.57. The molecule has 0 atom stereocenters. The van der Waals surface area contributed by atoms with Gasteiger partial charge in [0.2, 0.25) is 5.69 Å². The van der Waals surface area contributed by atoms with Crippen molar-refractivity contribution in [2.75, 3.05) is 5.32 Å². The van der Waals surface area contributed by atoms with E-state index in [9.17, 15) is 14.9 Å². The summed E-state index contributed by atoms with van der Waals surface area (Å²) in [7, 11) is 1.50. The second-order valence-corrected chi connectivity index (χ2v) is 6.39. The van der Waals surface area contributed by atoms with E-state index in [0.29, 0.717) is 21.7 Å². The molecule has 11 heteroatoms. The molecule has 0 aliphatic carbocycles. The average molecular weight is 381 g/mol. The van der Waals surface area contributed by atoms with E-state index >= 15 is 0 Å². The summed E-state index contributed by atoms with van der Waals surface area (Å²) >= 11 is 1.39. The number of thiophene rings is 1. The van der Waals surface area contributed by atoms with E-state index in [2.05, 4.69) is 25.4 Å². The van der Waals surface area contributed by atoms with Gasteiger partial charge in [-0.1, -0.05) is 6.07 Å². The van der Waals surface area contributed by atoms with Crippen molar-refractivity contribution in [3.63, 3.8) is 0 Å². The Labute approximate surface area is 155 Å². The fourth-order valence-electron chi connectivity index (χ4n) is 2.50. The molecule has 10 nitrogen and oxygen atoms in total. The van der Waals surface area contributed by atoms with Gasteiger partial charge in [0.1, 0.15) is 22.5 Å². The van der Waals surface area contributed by atoms with Crippen LogP contribution in [0.1, 0.15) is 10.5 Å². The first-order valence-electron chi connectivity index (χ1n) is 7.69. The first-order chi connectivity index (χ1) is 13.0. The zero-order chi connectivity index (χ0) is 19.0. The van der Waals surface area contributed by atoms with Crippen molar-refractivity contribution in [2.24, 2.45) is 7.05 Å². The van der Waals surface area contributed by atoms with Gasteiger partial charge < -0.3 is 5.32 Å². The van der Waals surface area contributed by atoms with E-state index < -0.39 is 10.8 Å². The van der Waals surface area contributed by atoms with E-state index in [4.69, 9.17) is 0 Å². The van der Waals surface area contributed by atoms with Crippen molar-refractivity contribution < 1.29 is 9.72 Å². The van der Waals surface area contributed by atoms with Crippen LogP contribution in [0.15, 0.2) is 42.0 Å². The maximum absolute atomic E-state index is 12.6. The molecule has 134 valence electrons. The van der Waals surface area contributed by atoms with Crippen LogP contribution < -0.4 is 5.32 Å². The highest BCUT2D eigenvalue weighted by Crippen LogP contribution is 2.28. The summed E-state index contributed by atoms with van der Waals surface area (Å²) in [6.07, 6.45) is 2.79. The molecule has 0 aromatic carbocycles. The van der Waals surface area contributed by atoms with Crippen LogP contribution in [0.25, 0.3) is 21.7 Å². The van der Waals surface area contributed by atoms with Gasteiger partial charge in [-0.25, -0.2) is 9.97 Å². The number of rotatable bonds is 4. The van der Waals surface area contributed by atoms with Gasteiger partial charge in [-0.3, -0.25) is 24.6 Å². The maximum atomic E-state index is 12.6. The molecule has 0 aliphatic heterocycles. The number of nitro groups is 1. The number of aromatic nitrogens is 5. The molecule has 0 radical (unpaired) electrons. The Balaban J connectivity index is 1.77. The van der Waals surface area contributed by atoms with E-state index in [1.807, 2.05) is 5.38 Å². The Morgan fingerprint density at radius 1 is 1.30 bits per heavy atom.